The number of benzene rings is 2. The van der Waals surface area contributed by atoms with Gasteiger partial charge < -0.3 is 9.47 Å². The van der Waals surface area contributed by atoms with Crippen LogP contribution in [0, 0.1) is 5.82 Å². The van der Waals surface area contributed by atoms with Crippen LogP contribution in [0.5, 0.6) is 5.75 Å². The molecule has 6 heteroatoms. The van der Waals surface area contributed by atoms with Gasteiger partial charge in [-0.2, -0.15) is 0 Å². The molecule has 0 aliphatic carbocycles. The summed E-state index contributed by atoms with van der Waals surface area (Å²) in [5.74, 6) is -1.29. The second-order valence-corrected chi connectivity index (χ2v) is 6.34. The van der Waals surface area contributed by atoms with Crippen LogP contribution in [0.4, 0.5) is 4.39 Å². The van der Waals surface area contributed by atoms with Crippen LogP contribution in [0.15, 0.2) is 60.0 Å². The molecule has 0 radical (unpaired) electrons. The number of ketones is 1. The van der Waals surface area contributed by atoms with Crippen LogP contribution < -0.4 is 4.74 Å². The van der Waals surface area contributed by atoms with Crippen molar-refractivity contribution in [2.24, 2.45) is 0 Å². The van der Waals surface area contributed by atoms with Crippen LogP contribution in [0.25, 0.3) is 0 Å². The van der Waals surface area contributed by atoms with Crippen molar-refractivity contribution in [1.82, 2.24) is 0 Å². The minimum Gasteiger partial charge on any atom is -0.494 e. The topological polar surface area (TPSA) is 52.6 Å². The van der Waals surface area contributed by atoms with Gasteiger partial charge in [-0.1, -0.05) is 30.3 Å². The Hall–Kier alpha value is -2.99. The number of methoxy groups -OCH3 is 1. The molecule has 0 fully saturated rings. The van der Waals surface area contributed by atoms with Gasteiger partial charge in [0.25, 0.3) is 0 Å². The van der Waals surface area contributed by atoms with Gasteiger partial charge in [0, 0.05) is 5.56 Å². The predicted molar refractivity (Wildman–Crippen MR) is 96.3 cm³/mol. The van der Waals surface area contributed by atoms with Crippen LogP contribution in [0.2, 0.25) is 0 Å². The summed E-state index contributed by atoms with van der Waals surface area (Å²) in [5, 5.41) is 1.80. The Morgan fingerprint density at radius 1 is 1.04 bits per heavy atom. The molecular formula is C20H15FO4S. The highest BCUT2D eigenvalue weighted by atomic mass is 32.1. The van der Waals surface area contributed by atoms with Gasteiger partial charge in [0.2, 0.25) is 5.78 Å². The number of thiophene rings is 1. The van der Waals surface area contributed by atoms with Crippen molar-refractivity contribution in [2.75, 3.05) is 7.11 Å². The monoisotopic (exact) mass is 370 g/mol. The standard InChI is InChI=1S/C20H15FO4S/c1-24-17-9-8-13(11-16(17)21)12-25-20(23)15-6-3-2-5-14(15)19(22)18-7-4-10-26-18/h2-11H,12H2,1H3. The Balaban J connectivity index is 1.76. The lowest BCUT2D eigenvalue weighted by Gasteiger charge is -2.09. The summed E-state index contributed by atoms with van der Waals surface area (Å²) in [4.78, 5) is 25.5. The largest absolute Gasteiger partial charge is 0.494 e. The van der Waals surface area contributed by atoms with Gasteiger partial charge in [0.05, 0.1) is 17.6 Å². The summed E-state index contributed by atoms with van der Waals surface area (Å²) < 4.78 is 23.8. The Kier molecular flexibility index (Phi) is 5.43. The first-order chi connectivity index (χ1) is 12.6. The average Bonchev–Trinajstić information content (AvgIpc) is 3.20. The Labute approximate surface area is 153 Å². The van der Waals surface area contributed by atoms with E-state index in [1.807, 2.05) is 0 Å². The molecule has 0 spiro atoms. The van der Waals surface area contributed by atoms with Gasteiger partial charge in [0.15, 0.2) is 11.6 Å². The highest BCUT2D eigenvalue weighted by Gasteiger charge is 2.19. The predicted octanol–water partition coefficient (Wildman–Crippen LogP) is 4.48. The molecule has 0 aliphatic rings. The first-order valence-corrected chi connectivity index (χ1v) is 8.65. The second kappa shape index (κ2) is 7.93. The zero-order valence-electron chi connectivity index (χ0n) is 13.9. The van der Waals surface area contributed by atoms with Gasteiger partial charge in [-0.3, -0.25) is 4.79 Å². The Morgan fingerprint density at radius 3 is 2.46 bits per heavy atom. The number of hydrogen-bond donors (Lipinski definition) is 0. The van der Waals surface area contributed by atoms with E-state index in [0.717, 1.165) is 0 Å². The highest BCUT2D eigenvalue weighted by molar-refractivity contribution is 7.12. The number of carbonyl (C=O) groups excluding carboxylic acids is 2. The van der Waals surface area contributed by atoms with Crippen molar-refractivity contribution >= 4 is 23.1 Å². The van der Waals surface area contributed by atoms with Gasteiger partial charge in [0.1, 0.15) is 6.61 Å². The lowest BCUT2D eigenvalue weighted by atomic mass is 10.0. The van der Waals surface area contributed by atoms with Crippen LogP contribution >= 0.6 is 11.3 Å². The van der Waals surface area contributed by atoms with Crippen molar-refractivity contribution < 1.29 is 23.5 Å². The van der Waals surface area contributed by atoms with Crippen molar-refractivity contribution in [3.63, 3.8) is 0 Å². The van der Waals surface area contributed by atoms with E-state index in [4.69, 9.17) is 9.47 Å². The van der Waals surface area contributed by atoms with Crippen molar-refractivity contribution in [3.05, 3.63) is 87.4 Å². The number of halogens is 1. The Bertz CT molecular complexity index is 935. The molecule has 0 N–H and O–H groups in total. The van der Waals surface area contributed by atoms with Crippen molar-refractivity contribution in [2.45, 2.75) is 6.61 Å². The smallest absolute Gasteiger partial charge is 0.339 e. The van der Waals surface area contributed by atoms with E-state index in [1.54, 1.807) is 41.8 Å². The fraction of sp³-hybridized carbons (Fsp3) is 0.100. The fourth-order valence-corrected chi connectivity index (χ4v) is 3.10. The van der Waals surface area contributed by atoms with Crippen LogP contribution in [0.1, 0.15) is 31.2 Å². The van der Waals surface area contributed by atoms with E-state index in [2.05, 4.69) is 0 Å². The molecule has 132 valence electrons. The van der Waals surface area contributed by atoms with E-state index in [1.165, 1.54) is 36.6 Å². The molecule has 0 atom stereocenters. The first-order valence-electron chi connectivity index (χ1n) is 7.77. The summed E-state index contributed by atoms with van der Waals surface area (Å²) in [6.07, 6.45) is 0. The maximum atomic E-state index is 13.7. The SMILES string of the molecule is COc1ccc(COC(=O)c2ccccc2C(=O)c2cccs2)cc1F. The maximum Gasteiger partial charge on any atom is 0.339 e. The average molecular weight is 370 g/mol. The molecule has 26 heavy (non-hydrogen) atoms. The van der Waals surface area contributed by atoms with E-state index in [0.29, 0.717) is 10.4 Å². The number of rotatable bonds is 6. The van der Waals surface area contributed by atoms with E-state index in [-0.39, 0.29) is 29.3 Å². The molecule has 3 aromatic rings. The third-order valence-electron chi connectivity index (χ3n) is 3.72. The molecule has 0 amide bonds. The zero-order valence-corrected chi connectivity index (χ0v) is 14.7. The zero-order chi connectivity index (χ0) is 18.5. The minimum absolute atomic E-state index is 0.110. The van der Waals surface area contributed by atoms with Gasteiger partial charge in [-0.05, 0) is 35.2 Å². The normalized spacial score (nSPS) is 10.4. The minimum atomic E-state index is -0.637. The number of carbonyl (C=O) groups is 2. The highest BCUT2D eigenvalue weighted by Crippen LogP contribution is 2.21. The summed E-state index contributed by atoms with van der Waals surface area (Å²) in [6.45, 7) is -0.110. The molecule has 0 bridgehead atoms. The van der Waals surface area contributed by atoms with Crippen molar-refractivity contribution in [1.29, 1.82) is 0 Å². The van der Waals surface area contributed by atoms with Gasteiger partial charge in [-0.15, -0.1) is 11.3 Å². The van der Waals surface area contributed by atoms with Crippen molar-refractivity contribution in [3.8, 4) is 5.75 Å². The third-order valence-corrected chi connectivity index (χ3v) is 4.59. The molecule has 2 aromatic carbocycles. The number of esters is 1. The number of ether oxygens (including phenoxy) is 2. The molecule has 4 nitrogen and oxygen atoms in total. The molecular weight excluding hydrogens is 355 g/mol. The van der Waals surface area contributed by atoms with E-state index >= 15 is 0 Å². The fourth-order valence-electron chi connectivity index (χ4n) is 2.43. The van der Waals surface area contributed by atoms with Crippen LogP contribution in [-0.4, -0.2) is 18.9 Å². The summed E-state index contributed by atoms with van der Waals surface area (Å²) in [6, 6.07) is 14.3. The summed E-state index contributed by atoms with van der Waals surface area (Å²) in [7, 11) is 1.37. The van der Waals surface area contributed by atoms with Crippen LogP contribution in [0.3, 0.4) is 0 Å². The number of hydrogen-bond acceptors (Lipinski definition) is 5. The summed E-state index contributed by atoms with van der Waals surface area (Å²) in [5.41, 5.74) is 0.944. The molecule has 0 unspecified atom stereocenters. The molecule has 0 aliphatic heterocycles. The Morgan fingerprint density at radius 2 is 1.81 bits per heavy atom. The van der Waals surface area contributed by atoms with Crippen LogP contribution in [-0.2, 0) is 11.3 Å². The molecule has 3 rings (SSSR count). The molecule has 1 heterocycles. The lowest BCUT2D eigenvalue weighted by molar-refractivity contribution is 0.0469. The quantitative estimate of drug-likeness (QED) is 0.474. The third kappa shape index (κ3) is 3.81. The first kappa shape index (κ1) is 17.8. The van der Waals surface area contributed by atoms with E-state index in [9.17, 15) is 14.0 Å². The van der Waals surface area contributed by atoms with Gasteiger partial charge >= 0.3 is 5.97 Å². The molecule has 0 saturated heterocycles. The summed E-state index contributed by atoms with van der Waals surface area (Å²) >= 11 is 1.31. The molecule has 1 aromatic heterocycles. The van der Waals surface area contributed by atoms with E-state index < -0.39 is 11.8 Å². The maximum absolute atomic E-state index is 13.7. The lowest BCUT2D eigenvalue weighted by Crippen LogP contribution is -2.12. The van der Waals surface area contributed by atoms with Gasteiger partial charge in [-0.25, -0.2) is 9.18 Å². The molecule has 0 saturated carbocycles. The second-order valence-electron chi connectivity index (χ2n) is 5.40.